The molecular formula is C21H15Cl2NO4S. The van der Waals surface area contributed by atoms with Gasteiger partial charge in [0.05, 0.1) is 28.6 Å². The van der Waals surface area contributed by atoms with Gasteiger partial charge in [-0.1, -0.05) is 41.3 Å². The number of thioether (sulfide) groups is 1. The van der Waals surface area contributed by atoms with Crippen molar-refractivity contribution in [1.29, 1.82) is 0 Å². The van der Waals surface area contributed by atoms with Crippen LogP contribution in [0.15, 0.2) is 41.3 Å². The number of rotatable bonds is 6. The van der Waals surface area contributed by atoms with Gasteiger partial charge in [-0.25, -0.2) is 0 Å². The molecule has 2 amide bonds. The van der Waals surface area contributed by atoms with Gasteiger partial charge in [0.25, 0.3) is 11.1 Å². The number of carbonyl (C=O) groups is 2. The third-order valence-corrected chi connectivity index (χ3v) is 5.64. The second-order valence-corrected chi connectivity index (χ2v) is 7.73. The number of benzene rings is 2. The largest absolute Gasteiger partial charge is 0.493 e. The third-order valence-electron chi connectivity index (χ3n) is 3.99. The summed E-state index contributed by atoms with van der Waals surface area (Å²) >= 11 is 12.8. The van der Waals surface area contributed by atoms with E-state index in [9.17, 15) is 9.59 Å². The van der Waals surface area contributed by atoms with Crippen LogP contribution in [0.2, 0.25) is 10.0 Å². The van der Waals surface area contributed by atoms with Crippen LogP contribution in [-0.4, -0.2) is 29.8 Å². The molecule has 5 nitrogen and oxygen atoms in total. The summed E-state index contributed by atoms with van der Waals surface area (Å²) in [4.78, 5) is 26.5. The lowest BCUT2D eigenvalue weighted by atomic mass is 10.1. The third kappa shape index (κ3) is 4.88. The Labute approximate surface area is 182 Å². The van der Waals surface area contributed by atoms with Crippen LogP contribution in [0.4, 0.5) is 4.79 Å². The van der Waals surface area contributed by atoms with Crippen molar-refractivity contribution in [3.8, 4) is 23.8 Å². The number of imide groups is 1. The minimum Gasteiger partial charge on any atom is -0.493 e. The minimum atomic E-state index is -0.377. The molecule has 1 fully saturated rings. The van der Waals surface area contributed by atoms with Gasteiger partial charge >= 0.3 is 0 Å². The first-order chi connectivity index (χ1) is 13.9. The maximum atomic E-state index is 12.7. The standard InChI is InChI=1S/C21H15Cl2NO4S/c1-3-8-28-17-7-5-13(10-18(17)27-2)11-19-20(25)24(21(26)29-19)12-14-4-6-15(22)16(23)9-14/h1,4-7,9-11H,8,12H2,2H3/b19-11-. The highest BCUT2D eigenvalue weighted by Gasteiger charge is 2.35. The van der Waals surface area contributed by atoms with Crippen LogP contribution in [0.25, 0.3) is 6.08 Å². The van der Waals surface area contributed by atoms with Crippen LogP contribution >= 0.6 is 35.0 Å². The van der Waals surface area contributed by atoms with Gasteiger partial charge in [0.1, 0.15) is 6.61 Å². The fourth-order valence-electron chi connectivity index (χ4n) is 2.62. The lowest BCUT2D eigenvalue weighted by Crippen LogP contribution is -2.27. The maximum absolute atomic E-state index is 12.7. The molecule has 0 N–H and O–H groups in total. The number of nitrogens with zero attached hydrogens (tertiary/aromatic N) is 1. The highest BCUT2D eigenvalue weighted by atomic mass is 35.5. The van der Waals surface area contributed by atoms with E-state index in [1.807, 2.05) is 0 Å². The van der Waals surface area contributed by atoms with Crippen LogP contribution < -0.4 is 9.47 Å². The van der Waals surface area contributed by atoms with E-state index in [1.54, 1.807) is 42.5 Å². The van der Waals surface area contributed by atoms with Crippen LogP contribution in [0.5, 0.6) is 11.5 Å². The number of halogens is 2. The number of terminal acetylenes is 1. The molecule has 3 rings (SSSR count). The van der Waals surface area contributed by atoms with Crippen molar-refractivity contribution in [3.05, 3.63) is 62.5 Å². The molecule has 148 valence electrons. The Morgan fingerprint density at radius 3 is 2.62 bits per heavy atom. The predicted molar refractivity (Wildman–Crippen MR) is 115 cm³/mol. The second-order valence-electron chi connectivity index (χ2n) is 5.92. The predicted octanol–water partition coefficient (Wildman–Crippen LogP) is 5.25. The average Bonchev–Trinajstić information content (AvgIpc) is 2.97. The van der Waals surface area contributed by atoms with Crippen molar-refractivity contribution in [2.75, 3.05) is 13.7 Å². The monoisotopic (exact) mass is 447 g/mol. The first kappa shape index (κ1) is 21.1. The normalized spacial score (nSPS) is 15.0. The number of hydrogen-bond donors (Lipinski definition) is 0. The van der Waals surface area contributed by atoms with Crippen molar-refractivity contribution in [2.45, 2.75) is 6.54 Å². The number of methoxy groups -OCH3 is 1. The van der Waals surface area contributed by atoms with Gasteiger partial charge < -0.3 is 9.47 Å². The van der Waals surface area contributed by atoms with E-state index in [4.69, 9.17) is 39.1 Å². The first-order valence-electron chi connectivity index (χ1n) is 8.36. The molecule has 1 aliphatic heterocycles. The fourth-order valence-corrected chi connectivity index (χ4v) is 3.78. The Balaban J connectivity index is 1.80. The summed E-state index contributed by atoms with van der Waals surface area (Å²) < 4.78 is 10.7. The van der Waals surface area contributed by atoms with Gasteiger partial charge in [0.2, 0.25) is 0 Å². The van der Waals surface area contributed by atoms with Crippen LogP contribution in [0.1, 0.15) is 11.1 Å². The highest BCUT2D eigenvalue weighted by molar-refractivity contribution is 8.18. The molecule has 2 aromatic carbocycles. The fraction of sp³-hybridized carbons (Fsp3) is 0.143. The van der Waals surface area contributed by atoms with Crippen molar-refractivity contribution in [2.24, 2.45) is 0 Å². The zero-order valence-corrected chi connectivity index (χ0v) is 17.6. The van der Waals surface area contributed by atoms with E-state index >= 15 is 0 Å². The lowest BCUT2D eigenvalue weighted by molar-refractivity contribution is -0.123. The van der Waals surface area contributed by atoms with Gasteiger partial charge in [0.15, 0.2) is 11.5 Å². The van der Waals surface area contributed by atoms with Crippen LogP contribution in [0.3, 0.4) is 0 Å². The quantitative estimate of drug-likeness (QED) is 0.446. The van der Waals surface area contributed by atoms with Gasteiger partial charge in [-0.15, -0.1) is 6.42 Å². The Morgan fingerprint density at radius 1 is 1.14 bits per heavy atom. The molecule has 0 bridgehead atoms. The molecule has 0 unspecified atom stereocenters. The Morgan fingerprint density at radius 2 is 1.93 bits per heavy atom. The van der Waals surface area contributed by atoms with Crippen molar-refractivity contribution in [1.82, 2.24) is 4.90 Å². The van der Waals surface area contributed by atoms with Gasteiger partial charge in [-0.3, -0.25) is 14.5 Å². The Kier molecular flexibility index (Phi) is 6.75. The molecular weight excluding hydrogens is 433 g/mol. The summed E-state index contributed by atoms with van der Waals surface area (Å²) in [7, 11) is 1.51. The number of hydrogen-bond acceptors (Lipinski definition) is 5. The molecule has 0 saturated carbocycles. The van der Waals surface area contributed by atoms with Crippen molar-refractivity contribution < 1.29 is 19.1 Å². The van der Waals surface area contributed by atoms with E-state index in [0.29, 0.717) is 37.6 Å². The number of ether oxygens (including phenoxy) is 2. The molecule has 8 heteroatoms. The zero-order chi connectivity index (χ0) is 21.0. The topological polar surface area (TPSA) is 55.8 Å². The molecule has 29 heavy (non-hydrogen) atoms. The summed E-state index contributed by atoms with van der Waals surface area (Å²) in [5.41, 5.74) is 1.40. The first-order valence-corrected chi connectivity index (χ1v) is 9.93. The van der Waals surface area contributed by atoms with E-state index in [0.717, 1.165) is 16.7 Å². The molecule has 0 aromatic heterocycles. The highest BCUT2D eigenvalue weighted by Crippen LogP contribution is 2.35. The Bertz CT molecular complexity index is 1050. The van der Waals surface area contributed by atoms with Crippen molar-refractivity contribution >= 4 is 52.2 Å². The molecule has 0 spiro atoms. The van der Waals surface area contributed by atoms with Gasteiger partial charge in [-0.2, -0.15) is 0 Å². The molecule has 1 saturated heterocycles. The molecule has 0 atom stereocenters. The Hall–Kier alpha value is -2.59. The van der Waals surface area contributed by atoms with E-state index in [-0.39, 0.29) is 24.3 Å². The summed E-state index contributed by atoms with van der Waals surface area (Å²) in [6.45, 7) is 0.227. The summed E-state index contributed by atoms with van der Waals surface area (Å²) in [6.07, 6.45) is 6.83. The molecule has 0 radical (unpaired) electrons. The number of carbonyl (C=O) groups excluding carboxylic acids is 2. The SMILES string of the molecule is C#CCOc1ccc(/C=C2\SC(=O)N(Cc3ccc(Cl)c(Cl)c3)C2=O)cc1OC. The maximum Gasteiger partial charge on any atom is 0.293 e. The van der Waals surface area contributed by atoms with Crippen LogP contribution in [0, 0.1) is 12.3 Å². The lowest BCUT2D eigenvalue weighted by Gasteiger charge is -2.13. The number of amides is 2. The van der Waals surface area contributed by atoms with Gasteiger partial charge in [0, 0.05) is 0 Å². The van der Waals surface area contributed by atoms with E-state index in [2.05, 4.69) is 5.92 Å². The molecule has 0 aliphatic carbocycles. The summed E-state index contributed by atoms with van der Waals surface area (Å²) in [5, 5.41) is 0.423. The van der Waals surface area contributed by atoms with Gasteiger partial charge in [-0.05, 0) is 53.2 Å². The average molecular weight is 448 g/mol. The minimum absolute atomic E-state index is 0.112. The molecule has 1 heterocycles. The van der Waals surface area contributed by atoms with Crippen LogP contribution in [-0.2, 0) is 11.3 Å². The second kappa shape index (κ2) is 9.27. The zero-order valence-electron chi connectivity index (χ0n) is 15.3. The summed E-state index contributed by atoms with van der Waals surface area (Å²) in [5.74, 6) is 2.98. The van der Waals surface area contributed by atoms with Crippen molar-refractivity contribution in [3.63, 3.8) is 0 Å². The molecule has 2 aromatic rings. The van der Waals surface area contributed by atoms with E-state index < -0.39 is 0 Å². The van der Waals surface area contributed by atoms with E-state index in [1.165, 1.54) is 7.11 Å². The summed E-state index contributed by atoms with van der Waals surface area (Å²) in [6, 6.07) is 10.1. The smallest absolute Gasteiger partial charge is 0.293 e. The molecule has 1 aliphatic rings.